The molecule has 1 saturated heterocycles. The molecule has 152 valence electrons. The molecule has 0 saturated carbocycles. The summed E-state index contributed by atoms with van der Waals surface area (Å²) < 4.78 is 33.5. The lowest BCUT2D eigenvalue weighted by molar-refractivity contribution is 0.307. The van der Waals surface area contributed by atoms with Gasteiger partial charge in [0, 0.05) is 29.2 Å². The van der Waals surface area contributed by atoms with Gasteiger partial charge in [-0.2, -0.15) is 4.31 Å². The van der Waals surface area contributed by atoms with E-state index in [1.165, 1.54) is 0 Å². The van der Waals surface area contributed by atoms with Crippen molar-refractivity contribution in [3.8, 4) is 5.75 Å². The molecule has 1 aliphatic rings. The van der Waals surface area contributed by atoms with Gasteiger partial charge < -0.3 is 4.74 Å². The largest absolute Gasteiger partial charge is 0.489 e. The number of fused-ring (bicyclic) bond motifs is 1. The molecule has 0 spiro atoms. The van der Waals surface area contributed by atoms with E-state index in [2.05, 4.69) is 4.98 Å². The maximum atomic E-state index is 13.0. The number of benzene rings is 2. The van der Waals surface area contributed by atoms with Crippen molar-refractivity contribution in [1.29, 1.82) is 0 Å². The Morgan fingerprint density at radius 1 is 1.14 bits per heavy atom. The summed E-state index contributed by atoms with van der Waals surface area (Å²) in [6, 6.07) is 16.9. The monoisotopic (exact) mass is 410 g/mol. The molecule has 2 heterocycles. The fourth-order valence-electron chi connectivity index (χ4n) is 4.05. The first-order valence-electron chi connectivity index (χ1n) is 10.1. The molecule has 2 aromatic carbocycles. The van der Waals surface area contributed by atoms with Gasteiger partial charge >= 0.3 is 0 Å². The van der Waals surface area contributed by atoms with E-state index in [4.69, 9.17) is 4.74 Å². The van der Waals surface area contributed by atoms with Crippen LogP contribution < -0.4 is 4.74 Å². The van der Waals surface area contributed by atoms with Crippen LogP contribution in [0.3, 0.4) is 0 Å². The molecule has 4 rings (SSSR count). The fraction of sp³-hybridized carbons (Fsp3) is 0.348. The minimum Gasteiger partial charge on any atom is -0.489 e. The van der Waals surface area contributed by atoms with Crippen molar-refractivity contribution in [3.63, 3.8) is 0 Å². The number of rotatable bonds is 6. The van der Waals surface area contributed by atoms with Crippen molar-refractivity contribution in [1.82, 2.24) is 9.29 Å². The molecule has 1 fully saturated rings. The first kappa shape index (κ1) is 19.9. The number of pyridine rings is 1. The van der Waals surface area contributed by atoms with Crippen LogP contribution in [0.25, 0.3) is 10.9 Å². The Kier molecular flexibility index (Phi) is 5.56. The van der Waals surface area contributed by atoms with Gasteiger partial charge in [0.15, 0.2) is 0 Å². The van der Waals surface area contributed by atoms with E-state index >= 15 is 0 Å². The summed E-state index contributed by atoms with van der Waals surface area (Å²) in [7, 11) is -3.45. The van der Waals surface area contributed by atoms with Crippen LogP contribution in [-0.4, -0.2) is 30.3 Å². The van der Waals surface area contributed by atoms with E-state index in [-0.39, 0.29) is 6.04 Å². The molecule has 29 heavy (non-hydrogen) atoms. The van der Waals surface area contributed by atoms with Crippen molar-refractivity contribution in [2.75, 3.05) is 6.54 Å². The summed E-state index contributed by atoms with van der Waals surface area (Å²) in [4.78, 5) is 4.88. The van der Waals surface area contributed by atoms with E-state index in [9.17, 15) is 8.42 Å². The van der Waals surface area contributed by atoms with Crippen molar-refractivity contribution in [2.45, 2.75) is 50.7 Å². The number of sulfonamides is 1. The van der Waals surface area contributed by atoms with E-state index in [0.29, 0.717) is 23.8 Å². The quantitative estimate of drug-likeness (QED) is 0.592. The van der Waals surface area contributed by atoms with Crippen molar-refractivity contribution in [3.05, 3.63) is 65.9 Å². The third kappa shape index (κ3) is 4.00. The average Bonchev–Trinajstić information content (AvgIpc) is 3.22. The Morgan fingerprint density at radius 3 is 2.66 bits per heavy atom. The molecule has 1 aromatic heterocycles. The van der Waals surface area contributed by atoms with Gasteiger partial charge in [-0.25, -0.2) is 8.42 Å². The Balaban J connectivity index is 1.51. The minimum atomic E-state index is -3.45. The molecule has 1 atom stereocenters. The van der Waals surface area contributed by atoms with Crippen LogP contribution in [0.5, 0.6) is 5.75 Å². The molecule has 0 aliphatic carbocycles. The van der Waals surface area contributed by atoms with Gasteiger partial charge in [-0.3, -0.25) is 4.98 Å². The minimum absolute atomic E-state index is 0.110. The Hall–Kier alpha value is -2.44. The van der Waals surface area contributed by atoms with Crippen LogP contribution >= 0.6 is 0 Å². The van der Waals surface area contributed by atoms with E-state index in [1.54, 1.807) is 28.6 Å². The van der Waals surface area contributed by atoms with Gasteiger partial charge in [0.2, 0.25) is 10.0 Å². The number of hydrogen-bond donors (Lipinski definition) is 0. The van der Waals surface area contributed by atoms with Crippen molar-refractivity contribution < 1.29 is 13.2 Å². The third-order valence-corrected chi connectivity index (χ3v) is 7.52. The summed E-state index contributed by atoms with van der Waals surface area (Å²) in [6.07, 6.45) is 2.72. The van der Waals surface area contributed by atoms with Crippen molar-refractivity contribution >= 4 is 20.9 Å². The molecular formula is C23H26N2O3S. The zero-order chi connectivity index (χ0) is 20.4. The maximum Gasteiger partial charge on any atom is 0.243 e. The van der Waals surface area contributed by atoms with Crippen LogP contribution in [0.1, 0.15) is 37.4 Å². The second-order valence-electron chi connectivity index (χ2n) is 7.52. The summed E-state index contributed by atoms with van der Waals surface area (Å²) >= 11 is 0. The molecular weight excluding hydrogens is 384 g/mol. The van der Waals surface area contributed by atoms with Crippen LogP contribution in [0.2, 0.25) is 0 Å². The predicted molar refractivity (Wildman–Crippen MR) is 114 cm³/mol. The molecule has 0 radical (unpaired) electrons. The van der Waals surface area contributed by atoms with Crippen molar-refractivity contribution in [2.24, 2.45) is 0 Å². The molecule has 0 amide bonds. The molecule has 6 heteroatoms. The standard InChI is InChI=1S/C23H26N2O3S/c1-3-19-7-6-14-25(19)29(26,27)21-12-10-20(11-13-21)28-16-18-15-17(2)24-23-9-5-4-8-22(18)23/h4-5,8-13,15,19H,3,6-7,14,16H2,1-2H3. The van der Waals surface area contributed by atoms with Crippen LogP contribution in [-0.2, 0) is 16.6 Å². The molecule has 0 N–H and O–H groups in total. The van der Waals surface area contributed by atoms with Gasteiger partial charge in [0.05, 0.1) is 10.4 Å². The maximum absolute atomic E-state index is 13.0. The molecule has 5 nitrogen and oxygen atoms in total. The highest BCUT2D eigenvalue weighted by Crippen LogP contribution is 2.29. The van der Waals surface area contributed by atoms with Crippen LogP contribution in [0, 0.1) is 6.92 Å². The Morgan fingerprint density at radius 2 is 1.90 bits per heavy atom. The zero-order valence-corrected chi connectivity index (χ0v) is 17.7. The molecule has 1 unspecified atom stereocenters. The number of ether oxygens (including phenoxy) is 1. The molecule has 0 bridgehead atoms. The summed E-state index contributed by atoms with van der Waals surface area (Å²) in [5.41, 5.74) is 2.95. The van der Waals surface area contributed by atoms with E-state index in [1.807, 2.05) is 44.2 Å². The van der Waals surface area contributed by atoms with Gasteiger partial charge in [-0.1, -0.05) is 25.1 Å². The van der Waals surface area contributed by atoms with Gasteiger partial charge in [0.1, 0.15) is 12.4 Å². The summed E-state index contributed by atoms with van der Waals surface area (Å²) in [5.74, 6) is 0.649. The zero-order valence-electron chi connectivity index (χ0n) is 16.8. The lowest BCUT2D eigenvalue weighted by Crippen LogP contribution is -2.35. The van der Waals surface area contributed by atoms with Crippen LogP contribution in [0.15, 0.2) is 59.5 Å². The average molecular weight is 411 g/mol. The number of para-hydroxylation sites is 1. The Bertz CT molecular complexity index is 1110. The SMILES string of the molecule is CCC1CCCN1S(=O)(=O)c1ccc(OCc2cc(C)nc3ccccc23)cc1. The second kappa shape index (κ2) is 8.13. The highest BCUT2D eigenvalue weighted by molar-refractivity contribution is 7.89. The second-order valence-corrected chi connectivity index (χ2v) is 9.41. The summed E-state index contributed by atoms with van der Waals surface area (Å²) in [5, 5.41) is 1.07. The highest BCUT2D eigenvalue weighted by atomic mass is 32.2. The van der Waals surface area contributed by atoms with Gasteiger partial charge in [-0.15, -0.1) is 0 Å². The number of aryl methyl sites for hydroxylation is 1. The number of nitrogens with zero attached hydrogens (tertiary/aromatic N) is 2. The van der Waals surface area contributed by atoms with Gasteiger partial charge in [-0.05, 0) is 62.6 Å². The topological polar surface area (TPSA) is 59.5 Å². The lowest BCUT2D eigenvalue weighted by Gasteiger charge is -2.23. The normalized spacial score (nSPS) is 17.7. The fourth-order valence-corrected chi connectivity index (χ4v) is 5.82. The van der Waals surface area contributed by atoms with Gasteiger partial charge in [0.25, 0.3) is 0 Å². The first-order valence-corrected chi connectivity index (χ1v) is 11.5. The smallest absolute Gasteiger partial charge is 0.243 e. The van der Waals surface area contributed by atoms with E-state index in [0.717, 1.165) is 41.4 Å². The first-order chi connectivity index (χ1) is 14.0. The number of aromatic nitrogens is 1. The Labute approximate surface area is 172 Å². The summed E-state index contributed by atoms with van der Waals surface area (Å²) in [6.45, 7) is 5.02. The predicted octanol–water partition coefficient (Wildman–Crippen LogP) is 4.69. The molecule has 3 aromatic rings. The third-order valence-electron chi connectivity index (χ3n) is 5.55. The lowest BCUT2D eigenvalue weighted by atomic mass is 10.1. The number of hydrogen-bond acceptors (Lipinski definition) is 4. The highest BCUT2D eigenvalue weighted by Gasteiger charge is 2.34. The van der Waals surface area contributed by atoms with E-state index < -0.39 is 10.0 Å². The van der Waals surface area contributed by atoms with Crippen LogP contribution in [0.4, 0.5) is 0 Å². The molecule has 1 aliphatic heterocycles.